The maximum atomic E-state index is 12.5. The molecule has 1 saturated heterocycles. The topological polar surface area (TPSA) is 50.8 Å². The van der Waals surface area contributed by atoms with Crippen molar-refractivity contribution in [3.8, 4) is 11.5 Å². The Bertz CT molecular complexity index is 791. The summed E-state index contributed by atoms with van der Waals surface area (Å²) in [5, 5.41) is 3.05. The number of rotatable bonds is 7. The summed E-state index contributed by atoms with van der Waals surface area (Å²) in [5.74, 6) is 1.51. The number of methoxy groups -OCH3 is 2. The van der Waals surface area contributed by atoms with Crippen LogP contribution in [0.3, 0.4) is 0 Å². The molecule has 1 N–H and O–H groups in total. The van der Waals surface area contributed by atoms with Crippen molar-refractivity contribution >= 4 is 5.91 Å². The minimum atomic E-state index is 0.0608. The molecule has 2 aromatic carbocycles. The number of hydrogen-bond acceptors (Lipinski definition) is 4. The maximum Gasteiger partial charge on any atom is 0.234 e. The van der Waals surface area contributed by atoms with E-state index in [0.29, 0.717) is 13.1 Å². The van der Waals surface area contributed by atoms with E-state index < -0.39 is 0 Å². The van der Waals surface area contributed by atoms with Crippen molar-refractivity contribution in [1.29, 1.82) is 0 Å². The molecule has 1 aliphatic heterocycles. The SMILES string of the molecule is COc1ccc(C2CCCN2CC(=O)NCc2ccccc2C)cc1OC. The number of nitrogens with one attached hydrogen (secondary N) is 1. The van der Waals surface area contributed by atoms with E-state index in [1.807, 2.05) is 24.3 Å². The van der Waals surface area contributed by atoms with Crippen LogP contribution in [0.25, 0.3) is 0 Å². The van der Waals surface area contributed by atoms with Gasteiger partial charge in [0.1, 0.15) is 0 Å². The van der Waals surface area contributed by atoms with Crippen LogP contribution in [0.1, 0.15) is 35.6 Å². The van der Waals surface area contributed by atoms with Gasteiger partial charge < -0.3 is 14.8 Å². The first-order valence-corrected chi connectivity index (χ1v) is 9.39. The Kier molecular flexibility index (Phi) is 6.35. The van der Waals surface area contributed by atoms with Crippen LogP contribution in [0.2, 0.25) is 0 Å². The molecular formula is C22H28N2O3. The molecule has 27 heavy (non-hydrogen) atoms. The highest BCUT2D eigenvalue weighted by Gasteiger charge is 2.28. The van der Waals surface area contributed by atoms with Crippen molar-refractivity contribution in [2.45, 2.75) is 32.4 Å². The van der Waals surface area contributed by atoms with Crippen LogP contribution in [0, 0.1) is 6.92 Å². The Morgan fingerprint density at radius 3 is 2.67 bits per heavy atom. The Balaban J connectivity index is 1.62. The molecule has 0 aromatic heterocycles. The van der Waals surface area contributed by atoms with Crippen molar-refractivity contribution in [1.82, 2.24) is 10.2 Å². The van der Waals surface area contributed by atoms with Gasteiger partial charge in [0, 0.05) is 12.6 Å². The van der Waals surface area contributed by atoms with Gasteiger partial charge in [-0.05, 0) is 55.1 Å². The van der Waals surface area contributed by atoms with Crippen LogP contribution in [-0.4, -0.2) is 38.1 Å². The Morgan fingerprint density at radius 2 is 1.93 bits per heavy atom. The van der Waals surface area contributed by atoms with Gasteiger partial charge in [-0.2, -0.15) is 0 Å². The van der Waals surface area contributed by atoms with E-state index in [-0.39, 0.29) is 11.9 Å². The molecule has 144 valence electrons. The molecule has 1 aliphatic rings. The molecule has 0 spiro atoms. The van der Waals surface area contributed by atoms with Gasteiger partial charge in [0.15, 0.2) is 11.5 Å². The van der Waals surface area contributed by atoms with Crippen LogP contribution >= 0.6 is 0 Å². The van der Waals surface area contributed by atoms with Crippen molar-refractivity contribution in [3.63, 3.8) is 0 Å². The molecule has 1 atom stereocenters. The fourth-order valence-electron chi connectivity index (χ4n) is 3.70. The lowest BCUT2D eigenvalue weighted by atomic mass is 10.0. The second-order valence-corrected chi connectivity index (χ2v) is 6.95. The van der Waals surface area contributed by atoms with Gasteiger partial charge in [-0.15, -0.1) is 0 Å². The highest BCUT2D eigenvalue weighted by molar-refractivity contribution is 5.78. The average Bonchev–Trinajstić information content (AvgIpc) is 3.14. The summed E-state index contributed by atoms with van der Waals surface area (Å²) in [6, 6.07) is 14.4. The van der Waals surface area contributed by atoms with Gasteiger partial charge >= 0.3 is 0 Å². The van der Waals surface area contributed by atoms with Gasteiger partial charge in [0.05, 0.1) is 20.8 Å². The molecule has 0 saturated carbocycles. The number of ether oxygens (including phenoxy) is 2. The summed E-state index contributed by atoms with van der Waals surface area (Å²) < 4.78 is 10.8. The fourth-order valence-corrected chi connectivity index (χ4v) is 3.70. The van der Waals surface area contributed by atoms with Crippen molar-refractivity contribution in [2.75, 3.05) is 27.3 Å². The lowest BCUT2D eigenvalue weighted by Crippen LogP contribution is -2.36. The maximum absolute atomic E-state index is 12.5. The number of carbonyl (C=O) groups excluding carboxylic acids is 1. The predicted octanol–water partition coefficient (Wildman–Crippen LogP) is 3.47. The molecule has 5 heteroatoms. The number of aryl methyl sites for hydroxylation is 1. The number of nitrogens with zero attached hydrogens (tertiary/aromatic N) is 1. The third kappa shape index (κ3) is 4.61. The Morgan fingerprint density at radius 1 is 1.15 bits per heavy atom. The van der Waals surface area contributed by atoms with Gasteiger partial charge in [0.25, 0.3) is 0 Å². The molecule has 0 aliphatic carbocycles. The molecule has 5 nitrogen and oxygen atoms in total. The molecule has 0 radical (unpaired) electrons. The van der Waals surface area contributed by atoms with Crippen LogP contribution in [0.5, 0.6) is 11.5 Å². The van der Waals surface area contributed by atoms with Crippen LogP contribution in [0.4, 0.5) is 0 Å². The second-order valence-electron chi connectivity index (χ2n) is 6.95. The van der Waals surface area contributed by atoms with Crippen molar-refractivity contribution in [3.05, 3.63) is 59.2 Å². The predicted molar refractivity (Wildman–Crippen MR) is 106 cm³/mol. The highest BCUT2D eigenvalue weighted by atomic mass is 16.5. The Labute approximate surface area is 161 Å². The van der Waals surface area contributed by atoms with E-state index in [4.69, 9.17) is 9.47 Å². The van der Waals surface area contributed by atoms with E-state index in [2.05, 4.69) is 35.3 Å². The van der Waals surface area contributed by atoms with Crippen LogP contribution < -0.4 is 14.8 Å². The standard InChI is InChI=1S/C22H28N2O3/c1-16-7-4-5-8-18(16)14-23-22(25)15-24-12-6-9-19(24)17-10-11-20(26-2)21(13-17)27-3/h4-5,7-8,10-11,13,19H,6,9,12,14-15H2,1-3H3,(H,23,25). The largest absolute Gasteiger partial charge is 0.493 e. The summed E-state index contributed by atoms with van der Waals surface area (Å²) in [7, 11) is 3.28. The number of likely N-dealkylation sites (tertiary alicyclic amines) is 1. The number of hydrogen-bond donors (Lipinski definition) is 1. The van der Waals surface area contributed by atoms with Gasteiger partial charge in [-0.25, -0.2) is 0 Å². The summed E-state index contributed by atoms with van der Waals surface area (Å²) in [5.41, 5.74) is 3.52. The van der Waals surface area contributed by atoms with Crippen molar-refractivity contribution < 1.29 is 14.3 Å². The molecule has 0 bridgehead atoms. The quantitative estimate of drug-likeness (QED) is 0.813. The van der Waals surface area contributed by atoms with Crippen molar-refractivity contribution in [2.24, 2.45) is 0 Å². The summed E-state index contributed by atoms with van der Waals surface area (Å²) >= 11 is 0. The summed E-state index contributed by atoms with van der Waals surface area (Å²) in [4.78, 5) is 14.7. The molecule has 1 amide bonds. The zero-order chi connectivity index (χ0) is 19.2. The number of benzene rings is 2. The molecule has 1 heterocycles. The van der Waals surface area contributed by atoms with E-state index in [0.717, 1.165) is 42.0 Å². The Hall–Kier alpha value is -2.53. The number of carbonyl (C=O) groups is 1. The third-order valence-corrected chi connectivity index (χ3v) is 5.24. The zero-order valence-electron chi connectivity index (χ0n) is 16.3. The fraction of sp³-hybridized carbons (Fsp3) is 0.409. The van der Waals surface area contributed by atoms with Gasteiger partial charge in [-0.3, -0.25) is 9.69 Å². The van der Waals surface area contributed by atoms with E-state index in [9.17, 15) is 4.79 Å². The monoisotopic (exact) mass is 368 g/mol. The second kappa shape index (κ2) is 8.91. The minimum absolute atomic E-state index is 0.0608. The molecular weight excluding hydrogens is 340 g/mol. The molecule has 2 aromatic rings. The summed E-state index contributed by atoms with van der Waals surface area (Å²) in [6.45, 7) is 3.97. The first-order chi connectivity index (χ1) is 13.1. The van der Waals surface area contributed by atoms with E-state index >= 15 is 0 Å². The normalized spacial score (nSPS) is 16.9. The smallest absolute Gasteiger partial charge is 0.234 e. The zero-order valence-corrected chi connectivity index (χ0v) is 16.3. The third-order valence-electron chi connectivity index (χ3n) is 5.24. The van der Waals surface area contributed by atoms with Gasteiger partial charge in [-0.1, -0.05) is 30.3 Å². The minimum Gasteiger partial charge on any atom is -0.493 e. The molecule has 3 rings (SSSR count). The van der Waals surface area contributed by atoms with Gasteiger partial charge in [0.2, 0.25) is 5.91 Å². The average molecular weight is 368 g/mol. The number of amides is 1. The lowest BCUT2D eigenvalue weighted by Gasteiger charge is -2.25. The lowest BCUT2D eigenvalue weighted by molar-refractivity contribution is -0.122. The van der Waals surface area contributed by atoms with Crippen LogP contribution in [-0.2, 0) is 11.3 Å². The summed E-state index contributed by atoms with van der Waals surface area (Å²) in [6.07, 6.45) is 2.13. The molecule has 1 unspecified atom stereocenters. The first kappa shape index (κ1) is 19.2. The highest BCUT2D eigenvalue weighted by Crippen LogP contribution is 2.36. The van der Waals surface area contributed by atoms with E-state index in [1.54, 1.807) is 14.2 Å². The first-order valence-electron chi connectivity index (χ1n) is 9.39. The van der Waals surface area contributed by atoms with E-state index in [1.165, 1.54) is 5.56 Å². The van der Waals surface area contributed by atoms with Crippen LogP contribution in [0.15, 0.2) is 42.5 Å². The molecule has 1 fully saturated rings.